The number of aliphatic hydroxyl groups is 1. The highest BCUT2D eigenvalue weighted by molar-refractivity contribution is 7.46. The van der Waals surface area contributed by atoms with E-state index in [2.05, 4.69) is 44.4 Å². The Hall–Kier alpha value is -5.10. The number of imidazole rings is 1. The lowest BCUT2D eigenvalue weighted by Crippen LogP contribution is -2.52. The Morgan fingerprint density at radius 3 is 2.03 bits per heavy atom. The summed E-state index contributed by atoms with van der Waals surface area (Å²) in [6.45, 7) is 6.67. The van der Waals surface area contributed by atoms with Crippen molar-refractivity contribution in [1.82, 2.24) is 25.1 Å². The maximum absolute atomic E-state index is 14.4. The van der Waals surface area contributed by atoms with Gasteiger partial charge < -0.3 is 45.5 Å². The molecule has 2 heterocycles. The van der Waals surface area contributed by atoms with Gasteiger partial charge in [-0.2, -0.15) is 0 Å². The van der Waals surface area contributed by atoms with E-state index in [0.29, 0.717) is 18.8 Å². The Morgan fingerprint density at radius 1 is 0.841 bits per heavy atom. The third kappa shape index (κ3) is 19.7. The fourth-order valence-electron chi connectivity index (χ4n) is 8.74. The molecule has 0 saturated carbocycles. The summed E-state index contributed by atoms with van der Waals surface area (Å²) in [5.74, 6) is -6.79. The first kappa shape index (κ1) is 56.5. The molecule has 380 valence electrons. The quantitative estimate of drug-likeness (QED) is 0.0375. The van der Waals surface area contributed by atoms with Gasteiger partial charge >= 0.3 is 7.82 Å². The molecule has 1 fully saturated rings. The number of hydrogen-bond acceptors (Lipinski definition) is 11. The van der Waals surface area contributed by atoms with E-state index in [1.54, 1.807) is 12.5 Å². The maximum atomic E-state index is 14.4. The van der Waals surface area contributed by atoms with E-state index in [-0.39, 0.29) is 43.7 Å². The fraction of sp³-hybridized carbons (Fsp3) is 0.580. The Labute approximate surface area is 405 Å². The van der Waals surface area contributed by atoms with Gasteiger partial charge in [-0.25, -0.2) is 9.55 Å². The minimum atomic E-state index is -5.08. The van der Waals surface area contributed by atoms with Crippen LogP contribution in [0.5, 0.6) is 0 Å². The molecule has 1 unspecified atom stereocenters. The first-order valence-electron chi connectivity index (χ1n) is 24.1. The van der Waals surface area contributed by atoms with E-state index >= 15 is 0 Å². The molecule has 19 heteroatoms. The summed E-state index contributed by atoms with van der Waals surface area (Å²) in [6, 6.07) is 16.8. The van der Waals surface area contributed by atoms with Crippen molar-refractivity contribution in [2.75, 3.05) is 19.8 Å². The van der Waals surface area contributed by atoms with Crippen LogP contribution in [0.25, 0.3) is 0 Å². The summed E-state index contributed by atoms with van der Waals surface area (Å²) in [7, 11) is -5.08. The SMILES string of the molecule is CC(=O)N1C[C@H](OCCCCc2ccccc2)C[C@H]1C(=O)N[C@@H](CC(C)C)C(=O)C[C@@H](Cc1cncn1CCCCCCc1ccccc1)C(=O)N[C@@H](CO)C(=O)CC(C(N)=O)[C@@H](C)OP(=O)(O)O. The number of phosphoric ester groups is 1. The smallest absolute Gasteiger partial charge is 0.394 e. The normalized spacial score (nSPS) is 17.2. The molecule has 1 saturated heterocycles. The molecule has 69 heavy (non-hydrogen) atoms. The number of unbranched alkanes of at least 4 members (excludes halogenated alkanes) is 4. The zero-order chi connectivity index (χ0) is 50.5. The minimum Gasteiger partial charge on any atom is -0.394 e. The van der Waals surface area contributed by atoms with Gasteiger partial charge in [0.1, 0.15) is 12.1 Å². The number of benzene rings is 2. The van der Waals surface area contributed by atoms with Crippen LogP contribution in [-0.2, 0) is 68.4 Å². The van der Waals surface area contributed by atoms with Crippen molar-refractivity contribution in [1.29, 1.82) is 0 Å². The summed E-state index contributed by atoms with van der Waals surface area (Å²) < 4.78 is 24.1. The lowest BCUT2D eigenvalue weighted by Gasteiger charge is -2.27. The molecule has 1 aliphatic rings. The molecule has 0 bridgehead atoms. The number of ether oxygens (including phenoxy) is 1. The monoisotopic (exact) mass is 981 g/mol. The third-order valence-corrected chi connectivity index (χ3v) is 13.1. The van der Waals surface area contributed by atoms with Crippen LogP contribution in [0, 0.1) is 17.8 Å². The number of nitrogens with zero attached hydrogens (tertiary/aromatic N) is 3. The zero-order valence-corrected chi connectivity index (χ0v) is 41.3. The Kier molecular flexibility index (Phi) is 23.4. The van der Waals surface area contributed by atoms with Crippen LogP contribution in [-0.4, -0.2) is 115 Å². The number of rotatable bonds is 32. The Bertz CT molecular complexity index is 2150. The predicted molar refractivity (Wildman–Crippen MR) is 258 cm³/mol. The molecule has 18 nitrogen and oxygen atoms in total. The van der Waals surface area contributed by atoms with Gasteiger partial charge in [0.15, 0.2) is 11.6 Å². The number of carbonyl (C=O) groups is 6. The van der Waals surface area contributed by atoms with Gasteiger partial charge in [-0.1, -0.05) is 87.4 Å². The lowest BCUT2D eigenvalue weighted by molar-refractivity contribution is -0.138. The van der Waals surface area contributed by atoms with Gasteiger partial charge in [0.05, 0.1) is 43.0 Å². The number of ketones is 2. The van der Waals surface area contributed by atoms with Crippen molar-refractivity contribution in [3.63, 3.8) is 0 Å². The van der Waals surface area contributed by atoms with E-state index < -0.39 is 92.6 Å². The molecule has 1 aromatic heterocycles. The summed E-state index contributed by atoms with van der Waals surface area (Å²) in [4.78, 5) is 106. The number of likely N-dealkylation sites (tertiary alicyclic amines) is 1. The summed E-state index contributed by atoms with van der Waals surface area (Å²) in [5.41, 5.74) is 8.61. The van der Waals surface area contributed by atoms with Crippen LogP contribution in [0.3, 0.4) is 0 Å². The number of amides is 4. The highest BCUT2D eigenvalue weighted by Gasteiger charge is 2.41. The van der Waals surface area contributed by atoms with Crippen molar-refractivity contribution >= 4 is 43.0 Å². The fourth-order valence-corrected chi connectivity index (χ4v) is 9.32. The average molecular weight is 981 g/mol. The van der Waals surface area contributed by atoms with Gasteiger partial charge in [-0.3, -0.25) is 33.3 Å². The van der Waals surface area contributed by atoms with E-state index in [1.807, 2.05) is 54.8 Å². The van der Waals surface area contributed by atoms with Crippen LogP contribution < -0.4 is 16.4 Å². The molecule has 2 aromatic carbocycles. The van der Waals surface area contributed by atoms with Gasteiger partial charge in [0.2, 0.25) is 23.6 Å². The molecule has 7 N–H and O–H groups in total. The maximum Gasteiger partial charge on any atom is 0.469 e. The number of Topliss-reactive ketones (excluding diaryl/α,β-unsaturated/α-hetero) is 2. The van der Waals surface area contributed by atoms with E-state index in [0.717, 1.165) is 58.3 Å². The second-order valence-electron chi connectivity index (χ2n) is 18.6. The minimum absolute atomic E-state index is 0.0115. The van der Waals surface area contributed by atoms with E-state index in [4.69, 9.17) is 10.5 Å². The summed E-state index contributed by atoms with van der Waals surface area (Å²) in [5, 5.41) is 15.7. The Balaban J connectivity index is 1.48. The second-order valence-corrected chi connectivity index (χ2v) is 19.8. The summed E-state index contributed by atoms with van der Waals surface area (Å²) >= 11 is 0. The average Bonchev–Trinajstić information content (AvgIpc) is 3.94. The molecule has 3 aromatic rings. The van der Waals surface area contributed by atoms with Crippen LogP contribution in [0.15, 0.2) is 73.2 Å². The third-order valence-electron chi connectivity index (χ3n) is 12.5. The topological polar surface area (TPSA) is 270 Å². The molecule has 4 amide bonds. The molecule has 0 spiro atoms. The van der Waals surface area contributed by atoms with Crippen molar-refractivity contribution in [3.05, 3.63) is 90.0 Å². The largest absolute Gasteiger partial charge is 0.469 e. The predicted octanol–water partition coefficient (Wildman–Crippen LogP) is 4.40. The van der Waals surface area contributed by atoms with Crippen molar-refractivity contribution in [3.8, 4) is 0 Å². The number of carbonyl (C=O) groups excluding carboxylic acids is 6. The number of primary amides is 1. The van der Waals surface area contributed by atoms with Crippen molar-refractivity contribution < 1.29 is 57.5 Å². The molecule has 0 radical (unpaired) electrons. The van der Waals surface area contributed by atoms with Gasteiger partial charge in [-0.05, 0) is 68.9 Å². The Morgan fingerprint density at radius 2 is 1.45 bits per heavy atom. The number of phosphoric acid groups is 1. The van der Waals surface area contributed by atoms with Gasteiger partial charge in [0, 0.05) is 64.2 Å². The van der Waals surface area contributed by atoms with Crippen molar-refractivity contribution in [2.45, 2.75) is 148 Å². The molecular weight excluding hydrogens is 908 g/mol. The molecule has 7 atom stereocenters. The molecular formula is C50H73N6O12P. The number of nitrogens with two attached hydrogens (primary N) is 1. The van der Waals surface area contributed by atoms with Gasteiger partial charge in [-0.15, -0.1) is 0 Å². The zero-order valence-electron chi connectivity index (χ0n) is 40.4. The number of aliphatic hydroxyl groups excluding tert-OH is 1. The number of hydrogen-bond donors (Lipinski definition) is 6. The van der Waals surface area contributed by atoms with E-state index in [9.17, 15) is 48.2 Å². The molecule has 1 aliphatic heterocycles. The van der Waals surface area contributed by atoms with Crippen LogP contribution in [0.2, 0.25) is 0 Å². The summed E-state index contributed by atoms with van der Waals surface area (Å²) in [6.07, 6.45) is 8.08. The van der Waals surface area contributed by atoms with Gasteiger partial charge in [0.25, 0.3) is 0 Å². The highest BCUT2D eigenvalue weighted by atomic mass is 31.2. The number of aromatic nitrogens is 2. The van der Waals surface area contributed by atoms with Crippen LogP contribution in [0.4, 0.5) is 0 Å². The second kappa shape index (κ2) is 28.5. The first-order chi connectivity index (χ1) is 32.8. The van der Waals surface area contributed by atoms with Crippen LogP contribution >= 0.6 is 7.82 Å². The first-order valence-corrected chi connectivity index (χ1v) is 25.6. The lowest BCUT2D eigenvalue weighted by atomic mass is 9.89. The standard InChI is InChI=1S/C50H73N6O12P/c1-34(2)25-43(53-50(63)45-28-41(31-56(45)36(4)58)67-24-16-14-22-38-20-12-8-13-21-38)46(59)27-39(26-40-30-52-33-55(40)23-15-6-5-9-17-37-18-10-7-11-19-37)49(62)54-44(32-57)47(60)29-42(48(51)61)35(3)68-69(64,65)66/h7-8,10-13,18-21,30,33-35,39,41-45,57H,5-6,9,14-17,22-29,31-32H2,1-4H3,(H2,51,61)(H,53,63)(H,54,62)(H2,64,65,66)/t35-,39-,41-,42?,43+,44+,45+/m1/s1. The van der Waals surface area contributed by atoms with Crippen molar-refractivity contribution in [2.24, 2.45) is 23.5 Å². The number of nitrogens with one attached hydrogen (secondary N) is 2. The highest BCUT2D eigenvalue weighted by Crippen LogP contribution is 2.39. The number of aryl methyl sites for hydroxylation is 3. The molecule has 0 aliphatic carbocycles. The molecule has 4 rings (SSSR count). The van der Waals surface area contributed by atoms with E-state index in [1.165, 1.54) is 23.0 Å². The van der Waals surface area contributed by atoms with Crippen LogP contribution in [0.1, 0.15) is 109 Å².